The van der Waals surface area contributed by atoms with Crippen LogP contribution in [0.4, 0.5) is 0 Å². The van der Waals surface area contributed by atoms with E-state index in [4.69, 9.17) is 14.5 Å². The standard InChI is InChI=1S/C26H30N2O2.C22H24N2O2/c1-2-3-12-30-26(29)23-15-22(20-7-8-20)16-27-24(23)14-19-6-9-25-21(13-19)10-11-28(25)17-18-4-5-18;1-2-3-10-26-22(25)19-13-18(16-5-6-16)14-24-21(19)12-15-4-7-20-17(11-15)8-9-23-20/h6,9-11,13,15-16,18,20H,2-5,7-8,12,14,17H2,1H3;4,7-9,11,13-14,16,23H,2-3,5-6,10,12H2,1H3. The average Bonchev–Trinajstić information content (AvgIpc) is 4.12. The molecule has 3 aliphatic carbocycles. The van der Waals surface area contributed by atoms with E-state index in [2.05, 4.69) is 83.1 Å². The van der Waals surface area contributed by atoms with E-state index in [1.54, 1.807) is 0 Å². The minimum atomic E-state index is -0.244. The minimum Gasteiger partial charge on any atom is -0.462 e. The Labute approximate surface area is 330 Å². The Morgan fingerprint density at radius 2 is 1.27 bits per heavy atom. The lowest BCUT2D eigenvalue weighted by Gasteiger charge is -2.11. The van der Waals surface area contributed by atoms with Gasteiger partial charge >= 0.3 is 11.9 Å². The Morgan fingerprint density at radius 1 is 0.696 bits per heavy atom. The van der Waals surface area contributed by atoms with E-state index < -0.39 is 0 Å². The van der Waals surface area contributed by atoms with Crippen LogP contribution in [0, 0.1) is 5.92 Å². The molecule has 0 bridgehead atoms. The van der Waals surface area contributed by atoms with Crippen LogP contribution in [0.25, 0.3) is 21.8 Å². The van der Waals surface area contributed by atoms with E-state index in [0.717, 1.165) is 66.2 Å². The van der Waals surface area contributed by atoms with Crippen molar-refractivity contribution in [1.29, 1.82) is 0 Å². The third-order valence-electron chi connectivity index (χ3n) is 11.3. The molecule has 2 aromatic carbocycles. The molecule has 3 aliphatic rings. The molecule has 6 aromatic rings. The lowest BCUT2D eigenvalue weighted by molar-refractivity contribution is 0.0488. The number of ether oxygens (including phenoxy) is 2. The molecule has 0 unspecified atom stereocenters. The highest BCUT2D eigenvalue weighted by Crippen LogP contribution is 2.41. The van der Waals surface area contributed by atoms with Gasteiger partial charge < -0.3 is 19.0 Å². The van der Waals surface area contributed by atoms with Crippen LogP contribution in [0.15, 0.2) is 85.5 Å². The molecule has 0 spiro atoms. The normalized spacial score (nSPS) is 15.1. The maximum atomic E-state index is 12.8. The van der Waals surface area contributed by atoms with Crippen LogP contribution < -0.4 is 0 Å². The molecular formula is C48H54N4O4. The van der Waals surface area contributed by atoms with Crippen LogP contribution in [0.1, 0.15) is 144 Å². The molecule has 4 aromatic heterocycles. The molecular weight excluding hydrogens is 697 g/mol. The first-order valence-corrected chi connectivity index (χ1v) is 20.9. The van der Waals surface area contributed by atoms with Crippen molar-refractivity contribution in [2.24, 2.45) is 5.92 Å². The van der Waals surface area contributed by atoms with Crippen molar-refractivity contribution in [2.75, 3.05) is 13.2 Å². The van der Waals surface area contributed by atoms with Crippen LogP contribution in [0.5, 0.6) is 0 Å². The number of hydrogen-bond acceptors (Lipinski definition) is 6. The van der Waals surface area contributed by atoms with Gasteiger partial charge in [0.15, 0.2) is 0 Å². The third kappa shape index (κ3) is 9.40. The first-order chi connectivity index (χ1) is 27.4. The summed E-state index contributed by atoms with van der Waals surface area (Å²) in [6, 6.07) is 21.2. The second-order valence-electron chi connectivity index (χ2n) is 16.1. The summed E-state index contributed by atoms with van der Waals surface area (Å²) in [4.78, 5) is 38.0. The van der Waals surface area contributed by atoms with E-state index >= 15 is 0 Å². The molecule has 9 rings (SSSR count). The summed E-state index contributed by atoms with van der Waals surface area (Å²) in [5, 5.41) is 2.43. The number of H-pyrrole nitrogens is 1. The molecule has 0 atom stereocenters. The van der Waals surface area contributed by atoms with Crippen molar-refractivity contribution < 1.29 is 19.1 Å². The number of esters is 2. The molecule has 3 fully saturated rings. The minimum absolute atomic E-state index is 0.231. The van der Waals surface area contributed by atoms with Crippen molar-refractivity contribution in [3.63, 3.8) is 0 Å². The van der Waals surface area contributed by atoms with Gasteiger partial charge in [-0.15, -0.1) is 0 Å². The summed E-state index contributed by atoms with van der Waals surface area (Å²) in [7, 11) is 0. The molecule has 0 aliphatic heterocycles. The molecule has 4 heterocycles. The van der Waals surface area contributed by atoms with Gasteiger partial charge in [-0.25, -0.2) is 9.59 Å². The van der Waals surface area contributed by atoms with E-state index in [1.807, 2.05) is 30.7 Å². The molecule has 290 valence electrons. The molecule has 8 heteroatoms. The Morgan fingerprint density at radius 3 is 1.82 bits per heavy atom. The van der Waals surface area contributed by atoms with Gasteiger partial charge in [0.25, 0.3) is 0 Å². The highest BCUT2D eigenvalue weighted by molar-refractivity contribution is 5.92. The molecule has 8 nitrogen and oxygen atoms in total. The molecule has 0 saturated heterocycles. The number of nitrogens with one attached hydrogen (secondary N) is 1. The van der Waals surface area contributed by atoms with Gasteiger partial charge in [-0.05, 0) is 151 Å². The van der Waals surface area contributed by atoms with Crippen molar-refractivity contribution in [3.8, 4) is 0 Å². The maximum Gasteiger partial charge on any atom is 0.340 e. The predicted molar refractivity (Wildman–Crippen MR) is 221 cm³/mol. The second-order valence-corrected chi connectivity index (χ2v) is 16.1. The van der Waals surface area contributed by atoms with Gasteiger partial charge in [0.2, 0.25) is 0 Å². The number of nitrogens with zero attached hydrogens (tertiary/aromatic N) is 3. The van der Waals surface area contributed by atoms with E-state index in [1.165, 1.54) is 65.9 Å². The van der Waals surface area contributed by atoms with E-state index in [9.17, 15) is 9.59 Å². The first-order valence-electron chi connectivity index (χ1n) is 20.9. The molecule has 3 saturated carbocycles. The summed E-state index contributed by atoms with van der Waals surface area (Å²) in [5.41, 5.74) is 9.95. The van der Waals surface area contributed by atoms with Gasteiger partial charge in [-0.2, -0.15) is 0 Å². The van der Waals surface area contributed by atoms with Gasteiger partial charge in [-0.1, -0.05) is 38.8 Å². The number of unbranched alkanes of at least 4 members (excludes halogenated alkanes) is 2. The average molecular weight is 751 g/mol. The van der Waals surface area contributed by atoms with Gasteiger partial charge in [-0.3, -0.25) is 9.97 Å². The van der Waals surface area contributed by atoms with Crippen LogP contribution in [-0.4, -0.2) is 44.7 Å². The SMILES string of the molecule is CCCCOC(=O)c1cc(C2CC2)cnc1Cc1ccc2[nH]ccc2c1.CCCCOC(=O)c1cc(C2CC2)cnc1Cc1ccc2c(ccn2CC2CC2)c1. The number of pyridine rings is 2. The molecule has 0 amide bonds. The predicted octanol–water partition coefficient (Wildman–Crippen LogP) is 10.9. The summed E-state index contributed by atoms with van der Waals surface area (Å²) >= 11 is 0. The molecule has 1 N–H and O–H groups in total. The number of carbonyl (C=O) groups excluding carboxylic acids is 2. The summed E-state index contributed by atoms with van der Waals surface area (Å²) in [6.45, 7) is 6.26. The van der Waals surface area contributed by atoms with Crippen molar-refractivity contribution >= 4 is 33.7 Å². The monoisotopic (exact) mass is 750 g/mol. The Balaban J connectivity index is 0.000000159. The topological polar surface area (TPSA) is 99.1 Å². The van der Waals surface area contributed by atoms with Gasteiger partial charge in [0.05, 0.1) is 35.7 Å². The fraction of sp³-hybridized carbons (Fsp3) is 0.417. The summed E-state index contributed by atoms with van der Waals surface area (Å²) in [6.07, 6.45) is 20.6. The number of aromatic amines is 1. The first kappa shape index (κ1) is 37.7. The van der Waals surface area contributed by atoms with E-state index in [0.29, 0.717) is 49.0 Å². The zero-order chi connectivity index (χ0) is 38.4. The Hall–Kier alpha value is -5.24. The fourth-order valence-electron chi connectivity index (χ4n) is 7.40. The summed E-state index contributed by atoms with van der Waals surface area (Å²) in [5.74, 6) is 1.51. The third-order valence-corrected chi connectivity index (χ3v) is 11.3. The number of aromatic nitrogens is 4. The smallest absolute Gasteiger partial charge is 0.340 e. The van der Waals surface area contributed by atoms with Crippen LogP contribution in [0.3, 0.4) is 0 Å². The van der Waals surface area contributed by atoms with Gasteiger partial charge in [0, 0.05) is 55.2 Å². The number of benzene rings is 2. The van der Waals surface area contributed by atoms with Crippen LogP contribution in [0.2, 0.25) is 0 Å². The van der Waals surface area contributed by atoms with Crippen molar-refractivity contribution in [3.05, 3.63) is 130 Å². The van der Waals surface area contributed by atoms with Crippen LogP contribution in [-0.2, 0) is 28.9 Å². The van der Waals surface area contributed by atoms with E-state index in [-0.39, 0.29) is 11.9 Å². The lowest BCUT2D eigenvalue weighted by Crippen LogP contribution is -2.12. The highest BCUT2D eigenvalue weighted by atomic mass is 16.5. The summed E-state index contributed by atoms with van der Waals surface area (Å²) < 4.78 is 13.4. The second kappa shape index (κ2) is 17.3. The zero-order valence-electron chi connectivity index (χ0n) is 32.9. The number of hydrogen-bond donors (Lipinski definition) is 1. The number of fused-ring (bicyclic) bond motifs is 2. The maximum absolute atomic E-state index is 12.8. The highest BCUT2D eigenvalue weighted by Gasteiger charge is 2.28. The number of carbonyl (C=O) groups is 2. The Bertz CT molecular complexity index is 2310. The quantitative estimate of drug-likeness (QED) is 0.0781. The lowest BCUT2D eigenvalue weighted by atomic mass is 10.0. The largest absolute Gasteiger partial charge is 0.462 e. The molecule has 56 heavy (non-hydrogen) atoms. The van der Waals surface area contributed by atoms with Crippen LogP contribution >= 0.6 is 0 Å². The number of rotatable bonds is 16. The zero-order valence-corrected chi connectivity index (χ0v) is 32.9. The Kier molecular flexibility index (Phi) is 11.6. The van der Waals surface area contributed by atoms with Gasteiger partial charge in [0.1, 0.15) is 0 Å². The fourth-order valence-corrected chi connectivity index (χ4v) is 7.40. The molecule has 0 radical (unpaired) electrons. The van der Waals surface area contributed by atoms with Crippen molar-refractivity contribution in [2.45, 2.75) is 109 Å². The van der Waals surface area contributed by atoms with Crippen molar-refractivity contribution in [1.82, 2.24) is 19.5 Å².